The Hall–Kier alpha value is -2.89. The Balaban J connectivity index is 1.68. The van der Waals surface area contributed by atoms with E-state index < -0.39 is 123 Å². The highest BCUT2D eigenvalue weighted by molar-refractivity contribution is 7.89. The molecule has 0 radical (unpaired) electrons. The molecular weight excluding hydrogens is 966 g/mol. The van der Waals surface area contributed by atoms with Gasteiger partial charge in [0.25, 0.3) is 0 Å². The van der Waals surface area contributed by atoms with Crippen LogP contribution in [0.4, 0.5) is 4.39 Å². The second kappa shape index (κ2) is 25.1. The summed E-state index contributed by atoms with van der Waals surface area (Å²) in [4.78, 5) is 16.9. The highest BCUT2D eigenvalue weighted by Crippen LogP contribution is 2.44. The zero-order valence-electron chi connectivity index (χ0n) is 45.7. The molecule has 0 unspecified atom stereocenters. The summed E-state index contributed by atoms with van der Waals surface area (Å²) < 4.78 is 90.7. The van der Waals surface area contributed by atoms with Gasteiger partial charge in [0.1, 0.15) is 40.6 Å². The van der Waals surface area contributed by atoms with E-state index in [-0.39, 0.29) is 48.8 Å². The molecule has 5 rings (SSSR count). The van der Waals surface area contributed by atoms with E-state index in [4.69, 9.17) is 33.2 Å². The molecule has 18 atom stereocenters. The number of methoxy groups -OCH3 is 1. The van der Waals surface area contributed by atoms with Gasteiger partial charge in [-0.25, -0.2) is 12.8 Å². The smallest absolute Gasteiger partial charge is 0.311 e. The number of halogens is 1. The Labute approximate surface area is 434 Å². The van der Waals surface area contributed by atoms with Crippen molar-refractivity contribution < 1.29 is 71.2 Å². The standard InChI is InChI=1S/C54H88FN3O14S/c1-15-27-56-32-54(63)38(9)68-44(30-52(54,11)66-14)71-45-35(6)48(51(10,61)29-33(4)31-58(17-3)37(8)47(59)53(12,62)43(16-2)70-49(60)36(45)7)72-50-46(69-40-25-23-39(55)24-26-40)42(28-34(5)67-50)57(13)73(64,65)41-21-19-18-20-22-41/h18-26,33-38,42-48,50,56,59,61-63H,15-17,27-32H2,1-14H3/t33-,34-,35+,36-,37-,38+,42+,43-,44+,45+,46-,47-,48-,50+,51-,52-,53-,54+/m1/s1. The SMILES string of the molecule is CCCNC[C@]1(O)[C@H](C)O[C@@H](O[C@H]2[C@H](C)[C@@H](O[C@@H]3O[C@H](C)C[C@H](N(C)S(=O)(=O)c4ccccc4)[C@H]3Oc3ccc(F)cc3)[C@](C)(O)C[C@@H](C)CN(CC)[C@H](C)[C@@H](O)[C@](C)(O)[C@@H](CC)OC(=O)[C@@H]2C)C[C@@]1(C)OC. The summed E-state index contributed by atoms with van der Waals surface area (Å²) in [5.41, 5.74) is -6.43. The highest BCUT2D eigenvalue weighted by atomic mass is 32.2. The van der Waals surface area contributed by atoms with Crippen molar-refractivity contribution in [2.45, 2.75) is 210 Å². The van der Waals surface area contributed by atoms with Gasteiger partial charge in [0, 0.05) is 45.6 Å². The van der Waals surface area contributed by atoms with Gasteiger partial charge in [-0.15, -0.1) is 0 Å². The number of aliphatic hydroxyl groups is 4. The van der Waals surface area contributed by atoms with Crippen molar-refractivity contribution >= 4 is 16.0 Å². The van der Waals surface area contributed by atoms with Gasteiger partial charge in [-0.2, -0.15) is 4.31 Å². The second-order valence-electron chi connectivity index (χ2n) is 21.7. The number of cyclic esters (lactones) is 1. The van der Waals surface area contributed by atoms with Crippen LogP contribution >= 0.6 is 0 Å². The lowest BCUT2D eigenvalue weighted by molar-refractivity contribution is -0.335. The maximum absolute atomic E-state index is 14.8. The van der Waals surface area contributed by atoms with Crippen molar-refractivity contribution in [3.05, 3.63) is 60.4 Å². The molecule has 3 aliphatic rings. The van der Waals surface area contributed by atoms with Crippen molar-refractivity contribution in [3.63, 3.8) is 0 Å². The number of hydrogen-bond acceptors (Lipinski definition) is 16. The van der Waals surface area contributed by atoms with Crippen LogP contribution in [-0.2, 0) is 43.2 Å². The predicted octanol–water partition coefficient (Wildman–Crippen LogP) is 5.65. The van der Waals surface area contributed by atoms with E-state index in [9.17, 15) is 38.0 Å². The number of sulfonamides is 1. The monoisotopic (exact) mass is 1050 g/mol. The lowest BCUT2D eigenvalue weighted by atomic mass is 9.75. The molecule has 0 spiro atoms. The van der Waals surface area contributed by atoms with Crippen molar-refractivity contribution in [2.24, 2.45) is 17.8 Å². The van der Waals surface area contributed by atoms with Crippen LogP contribution in [0.2, 0.25) is 0 Å². The van der Waals surface area contributed by atoms with Crippen molar-refractivity contribution in [3.8, 4) is 5.75 Å². The quantitative estimate of drug-likeness (QED) is 0.102. The van der Waals surface area contributed by atoms with E-state index in [1.165, 1.54) is 61.8 Å². The van der Waals surface area contributed by atoms with Crippen LogP contribution in [0.5, 0.6) is 5.75 Å². The summed E-state index contributed by atoms with van der Waals surface area (Å²) in [7, 11) is -1.19. The molecule has 0 aliphatic carbocycles. The Bertz CT molecular complexity index is 2160. The Morgan fingerprint density at radius 3 is 2.14 bits per heavy atom. The zero-order valence-corrected chi connectivity index (χ0v) is 46.5. The fraction of sp³-hybridized carbons (Fsp3) is 0.759. The number of nitrogens with one attached hydrogen (secondary N) is 1. The Morgan fingerprint density at radius 2 is 1.55 bits per heavy atom. The molecule has 0 aromatic heterocycles. The van der Waals surface area contributed by atoms with Gasteiger partial charge in [0.2, 0.25) is 10.0 Å². The maximum Gasteiger partial charge on any atom is 0.311 e. The van der Waals surface area contributed by atoms with Gasteiger partial charge in [-0.1, -0.05) is 52.8 Å². The molecule has 5 N–H and O–H groups in total. The summed E-state index contributed by atoms with van der Waals surface area (Å²) in [6.07, 6.45) is -9.00. The minimum atomic E-state index is -4.15. The van der Waals surface area contributed by atoms with Crippen LogP contribution in [0.25, 0.3) is 0 Å². The lowest BCUT2D eigenvalue weighted by Crippen LogP contribution is -2.70. The van der Waals surface area contributed by atoms with Crippen molar-refractivity contribution in [1.82, 2.24) is 14.5 Å². The third kappa shape index (κ3) is 13.6. The first-order chi connectivity index (χ1) is 34.1. The third-order valence-electron chi connectivity index (χ3n) is 16.0. The van der Waals surface area contributed by atoms with Crippen LogP contribution < -0.4 is 10.1 Å². The number of esters is 1. The first kappa shape index (κ1) is 61.0. The zero-order chi connectivity index (χ0) is 54.4. The number of hydrogen-bond donors (Lipinski definition) is 5. The number of carbonyl (C=O) groups is 1. The van der Waals surface area contributed by atoms with E-state index in [0.717, 1.165) is 6.42 Å². The van der Waals surface area contributed by atoms with E-state index in [1.807, 2.05) is 25.7 Å². The molecule has 3 aliphatic heterocycles. The summed E-state index contributed by atoms with van der Waals surface area (Å²) >= 11 is 0. The van der Waals surface area contributed by atoms with E-state index in [0.29, 0.717) is 19.6 Å². The fourth-order valence-electron chi connectivity index (χ4n) is 11.4. The van der Waals surface area contributed by atoms with Gasteiger partial charge in [0.15, 0.2) is 18.7 Å². The molecule has 3 saturated heterocycles. The number of nitrogens with zero attached hydrogens (tertiary/aromatic N) is 2. The first-order valence-electron chi connectivity index (χ1n) is 26.2. The molecule has 0 amide bonds. The van der Waals surface area contributed by atoms with Crippen LogP contribution in [0, 0.1) is 23.6 Å². The Kier molecular flexibility index (Phi) is 20.9. The molecule has 416 valence electrons. The van der Waals surface area contributed by atoms with Gasteiger partial charge in [-0.3, -0.25) is 9.69 Å². The van der Waals surface area contributed by atoms with Crippen molar-refractivity contribution in [1.29, 1.82) is 0 Å². The third-order valence-corrected chi connectivity index (χ3v) is 17.9. The molecule has 2 aromatic rings. The normalized spacial score (nSPS) is 39.9. The number of ether oxygens (including phenoxy) is 7. The molecule has 3 heterocycles. The van der Waals surface area contributed by atoms with Crippen molar-refractivity contribution in [2.75, 3.05) is 40.3 Å². The van der Waals surface area contributed by atoms with E-state index in [1.54, 1.807) is 73.6 Å². The summed E-state index contributed by atoms with van der Waals surface area (Å²) in [5, 5.41) is 52.7. The molecular formula is C54H88FN3O14S. The van der Waals surface area contributed by atoms with E-state index >= 15 is 0 Å². The average Bonchev–Trinajstić information content (AvgIpc) is 3.34. The van der Waals surface area contributed by atoms with Gasteiger partial charge in [0.05, 0.1) is 46.9 Å². The lowest BCUT2D eigenvalue weighted by Gasteiger charge is -2.53. The molecule has 73 heavy (non-hydrogen) atoms. The molecule has 19 heteroatoms. The van der Waals surface area contributed by atoms with Gasteiger partial charge >= 0.3 is 5.97 Å². The summed E-state index contributed by atoms with van der Waals surface area (Å²) in [6.45, 7) is 22.9. The topological polar surface area (TPSA) is 215 Å². The number of likely N-dealkylation sites (N-methyl/N-ethyl adjacent to an activating group) is 2. The van der Waals surface area contributed by atoms with Crippen LogP contribution in [0.3, 0.4) is 0 Å². The molecule has 0 bridgehead atoms. The first-order valence-corrected chi connectivity index (χ1v) is 27.7. The van der Waals surface area contributed by atoms with Crippen LogP contribution in [0.15, 0.2) is 59.5 Å². The number of rotatable bonds is 16. The predicted molar refractivity (Wildman–Crippen MR) is 273 cm³/mol. The van der Waals surface area contributed by atoms with Gasteiger partial charge in [-0.05, 0) is 130 Å². The number of benzene rings is 2. The number of aliphatic hydroxyl groups excluding tert-OH is 1. The highest BCUT2D eigenvalue weighted by Gasteiger charge is 2.59. The van der Waals surface area contributed by atoms with E-state index in [2.05, 4.69) is 5.32 Å². The van der Waals surface area contributed by atoms with Crippen LogP contribution in [0.1, 0.15) is 115 Å². The Morgan fingerprint density at radius 1 is 0.904 bits per heavy atom. The minimum Gasteiger partial charge on any atom is -0.483 e. The molecule has 0 saturated carbocycles. The second-order valence-corrected chi connectivity index (χ2v) is 23.7. The summed E-state index contributed by atoms with van der Waals surface area (Å²) in [5.74, 6) is -3.50. The van der Waals surface area contributed by atoms with Gasteiger partial charge < -0.3 is 58.9 Å². The van der Waals surface area contributed by atoms with Crippen LogP contribution in [-0.4, -0.2) is 174 Å². The number of carbonyl (C=O) groups excluding carboxylic acids is 1. The molecule has 17 nitrogen and oxygen atoms in total. The fourth-order valence-corrected chi connectivity index (χ4v) is 12.8. The average molecular weight is 1050 g/mol. The minimum absolute atomic E-state index is 0.00600. The largest absolute Gasteiger partial charge is 0.483 e. The molecule has 2 aromatic carbocycles. The summed E-state index contributed by atoms with van der Waals surface area (Å²) in [6, 6.07) is 11.7. The maximum atomic E-state index is 14.8. The molecule has 3 fully saturated rings.